The van der Waals surface area contributed by atoms with E-state index in [9.17, 15) is 14.4 Å². The molecule has 0 radical (unpaired) electrons. The summed E-state index contributed by atoms with van der Waals surface area (Å²) in [4.78, 5) is 42.8. The Kier molecular flexibility index (Phi) is 6.38. The Morgan fingerprint density at radius 2 is 1.74 bits per heavy atom. The number of benzene rings is 1. The van der Waals surface area contributed by atoms with Gasteiger partial charge in [-0.1, -0.05) is 12.1 Å². The number of amides is 4. The average Bonchev–Trinajstić information content (AvgIpc) is 3.07. The number of rotatable bonds is 9. The predicted molar refractivity (Wildman–Crippen MR) is 126 cm³/mol. The second-order valence-electron chi connectivity index (χ2n) is 10.8. The second kappa shape index (κ2) is 9.33. The molecule has 2 N–H and O–H groups in total. The first-order valence-electron chi connectivity index (χ1n) is 12.7. The molecule has 9 nitrogen and oxygen atoms in total. The van der Waals surface area contributed by atoms with E-state index in [0.29, 0.717) is 42.1 Å². The number of nitrogens with zero attached hydrogens (tertiary/aromatic N) is 2. The Labute approximate surface area is 205 Å². The smallest absolute Gasteiger partial charge is 0.328 e. The van der Waals surface area contributed by atoms with Crippen LogP contribution in [-0.4, -0.2) is 58.7 Å². The van der Waals surface area contributed by atoms with Crippen LogP contribution in [-0.2, 0) is 16.1 Å². The molecule has 4 saturated carbocycles. The van der Waals surface area contributed by atoms with Gasteiger partial charge in [-0.3, -0.25) is 19.7 Å². The Morgan fingerprint density at radius 1 is 1.09 bits per heavy atom. The SMILES string of the molecule is COc1cccc(CN2C(=O)N(C34CC5CC(CC(C5)C3)C4)C(=O)C2CCCC(=O)NO)c1OC. The summed E-state index contributed by atoms with van der Waals surface area (Å²) in [7, 11) is 3.13. The van der Waals surface area contributed by atoms with Gasteiger partial charge in [0.15, 0.2) is 11.5 Å². The molecule has 0 spiro atoms. The van der Waals surface area contributed by atoms with Crippen LogP contribution in [0.1, 0.15) is 63.4 Å². The van der Waals surface area contributed by atoms with Crippen LogP contribution in [0, 0.1) is 17.8 Å². The molecule has 4 amide bonds. The highest BCUT2D eigenvalue weighted by molar-refractivity contribution is 6.05. The number of carbonyl (C=O) groups excluding carboxylic acids is 3. The van der Waals surface area contributed by atoms with E-state index >= 15 is 0 Å². The first kappa shape index (κ1) is 23.9. The summed E-state index contributed by atoms with van der Waals surface area (Å²) in [6.45, 7) is 0.213. The molecule has 9 heteroatoms. The minimum atomic E-state index is -0.655. The maximum absolute atomic E-state index is 14.0. The molecule has 1 unspecified atom stereocenters. The summed E-state index contributed by atoms with van der Waals surface area (Å²) < 4.78 is 11.0. The van der Waals surface area contributed by atoms with E-state index in [1.165, 1.54) is 19.3 Å². The summed E-state index contributed by atoms with van der Waals surface area (Å²) in [6.07, 6.45) is 7.22. The third-order valence-corrected chi connectivity index (χ3v) is 8.63. The minimum Gasteiger partial charge on any atom is -0.493 e. The van der Waals surface area contributed by atoms with E-state index in [1.807, 2.05) is 12.1 Å². The quantitative estimate of drug-likeness (QED) is 0.315. The van der Waals surface area contributed by atoms with Crippen molar-refractivity contribution in [2.45, 2.75) is 75.9 Å². The Bertz CT molecular complexity index is 976. The Balaban J connectivity index is 1.45. The lowest BCUT2D eigenvalue weighted by Crippen LogP contribution is -2.62. The van der Waals surface area contributed by atoms with Crippen molar-refractivity contribution >= 4 is 17.8 Å². The van der Waals surface area contributed by atoms with Crippen molar-refractivity contribution in [1.82, 2.24) is 15.3 Å². The second-order valence-corrected chi connectivity index (χ2v) is 10.8. The first-order chi connectivity index (χ1) is 16.9. The van der Waals surface area contributed by atoms with Gasteiger partial charge in [0.1, 0.15) is 6.04 Å². The third-order valence-electron chi connectivity index (χ3n) is 8.63. The molecule has 190 valence electrons. The molecule has 35 heavy (non-hydrogen) atoms. The van der Waals surface area contributed by atoms with Gasteiger partial charge >= 0.3 is 6.03 Å². The maximum Gasteiger partial charge on any atom is 0.328 e. The largest absolute Gasteiger partial charge is 0.493 e. The van der Waals surface area contributed by atoms with Gasteiger partial charge in [-0.15, -0.1) is 0 Å². The van der Waals surface area contributed by atoms with E-state index < -0.39 is 11.9 Å². The van der Waals surface area contributed by atoms with Crippen LogP contribution in [0.3, 0.4) is 0 Å². The lowest BCUT2D eigenvalue weighted by Gasteiger charge is -2.58. The van der Waals surface area contributed by atoms with Crippen LogP contribution in [0.4, 0.5) is 4.79 Å². The third kappa shape index (κ3) is 4.13. The van der Waals surface area contributed by atoms with E-state index in [0.717, 1.165) is 24.8 Å². The zero-order chi connectivity index (χ0) is 24.7. The topological polar surface area (TPSA) is 108 Å². The van der Waals surface area contributed by atoms with Gasteiger partial charge in [0.25, 0.3) is 5.91 Å². The van der Waals surface area contributed by atoms with Crippen LogP contribution in [0.25, 0.3) is 0 Å². The van der Waals surface area contributed by atoms with Gasteiger partial charge in [-0.05, 0) is 75.2 Å². The zero-order valence-corrected chi connectivity index (χ0v) is 20.5. The highest BCUT2D eigenvalue weighted by atomic mass is 16.5. The van der Waals surface area contributed by atoms with E-state index in [1.54, 1.807) is 35.6 Å². The molecule has 1 atom stereocenters. The monoisotopic (exact) mass is 485 g/mol. The van der Waals surface area contributed by atoms with Crippen LogP contribution in [0.2, 0.25) is 0 Å². The molecule has 4 aliphatic carbocycles. The van der Waals surface area contributed by atoms with E-state index in [-0.39, 0.29) is 30.4 Å². The summed E-state index contributed by atoms with van der Waals surface area (Å²) >= 11 is 0. The molecule has 6 rings (SSSR count). The number of hydrogen-bond donors (Lipinski definition) is 2. The molecule has 0 aromatic heterocycles. The number of ether oxygens (including phenoxy) is 2. The molecule has 5 aliphatic rings. The molecule has 1 aromatic rings. The number of hydroxylamine groups is 1. The van der Waals surface area contributed by atoms with Crippen molar-refractivity contribution in [3.63, 3.8) is 0 Å². The Hall–Kier alpha value is -2.81. The molecule has 5 fully saturated rings. The first-order valence-corrected chi connectivity index (χ1v) is 12.7. The summed E-state index contributed by atoms with van der Waals surface area (Å²) in [5, 5.41) is 8.85. The zero-order valence-electron chi connectivity index (χ0n) is 20.5. The van der Waals surface area contributed by atoms with Crippen molar-refractivity contribution < 1.29 is 29.1 Å². The van der Waals surface area contributed by atoms with Gasteiger partial charge in [0.2, 0.25) is 5.91 Å². The molecule has 1 aromatic carbocycles. The number of urea groups is 1. The van der Waals surface area contributed by atoms with Crippen molar-refractivity contribution in [2.75, 3.05) is 14.2 Å². The molecule has 1 saturated heterocycles. The number of hydrogen-bond acceptors (Lipinski definition) is 6. The van der Waals surface area contributed by atoms with Crippen molar-refractivity contribution in [2.24, 2.45) is 17.8 Å². The van der Waals surface area contributed by atoms with Crippen LogP contribution < -0.4 is 15.0 Å². The minimum absolute atomic E-state index is 0.0855. The molecular formula is C26H35N3O6. The summed E-state index contributed by atoms with van der Waals surface area (Å²) in [5.41, 5.74) is 2.03. The fourth-order valence-electron chi connectivity index (χ4n) is 7.64. The van der Waals surface area contributed by atoms with Gasteiger partial charge in [-0.2, -0.15) is 0 Å². The predicted octanol–water partition coefficient (Wildman–Crippen LogP) is 3.48. The molecular weight excluding hydrogens is 450 g/mol. The normalized spacial score (nSPS) is 31.3. The number of carbonyl (C=O) groups is 3. The van der Waals surface area contributed by atoms with Gasteiger partial charge in [0.05, 0.1) is 26.3 Å². The van der Waals surface area contributed by atoms with Gasteiger partial charge < -0.3 is 14.4 Å². The lowest BCUT2D eigenvalue weighted by atomic mass is 9.52. The van der Waals surface area contributed by atoms with E-state index in [2.05, 4.69) is 0 Å². The summed E-state index contributed by atoms with van der Waals surface area (Å²) in [6, 6.07) is 4.63. The standard InChI is InChI=1S/C26H35N3O6/c1-34-21-7-3-5-19(23(21)35-2)15-28-20(6-4-8-22(30)27-33)24(31)29(25(28)32)26-12-16-9-17(13-26)11-18(10-16)14-26/h3,5,7,16-18,20,33H,4,6,8-15H2,1-2H3,(H,27,30). The van der Waals surface area contributed by atoms with Gasteiger partial charge in [0, 0.05) is 12.0 Å². The number of nitrogens with one attached hydrogen (secondary N) is 1. The maximum atomic E-state index is 14.0. The summed E-state index contributed by atoms with van der Waals surface area (Å²) in [5.74, 6) is 2.26. The fraction of sp³-hybridized carbons (Fsp3) is 0.654. The highest BCUT2D eigenvalue weighted by Crippen LogP contribution is 2.58. The molecule has 4 bridgehead atoms. The van der Waals surface area contributed by atoms with Crippen molar-refractivity contribution in [3.8, 4) is 11.5 Å². The van der Waals surface area contributed by atoms with Crippen LogP contribution >= 0.6 is 0 Å². The Morgan fingerprint density at radius 3 is 2.31 bits per heavy atom. The van der Waals surface area contributed by atoms with Crippen molar-refractivity contribution in [3.05, 3.63) is 23.8 Å². The van der Waals surface area contributed by atoms with Gasteiger partial charge in [-0.25, -0.2) is 10.3 Å². The number of imide groups is 1. The van der Waals surface area contributed by atoms with E-state index in [4.69, 9.17) is 14.7 Å². The highest BCUT2D eigenvalue weighted by Gasteiger charge is 2.60. The fourth-order valence-corrected chi connectivity index (χ4v) is 7.64. The van der Waals surface area contributed by atoms with Crippen LogP contribution in [0.5, 0.6) is 11.5 Å². The number of para-hydroxylation sites is 1. The molecule has 1 heterocycles. The van der Waals surface area contributed by atoms with Crippen molar-refractivity contribution in [1.29, 1.82) is 0 Å². The van der Waals surface area contributed by atoms with Crippen LogP contribution in [0.15, 0.2) is 18.2 Å². The lowest BCUT2D eigenvalue weighted by molar-refractivity contribution is -0.141. The number of methoxy groups -OCH3 is 2. The average molecular weight is 486 g/mol. The molecule has 1 aliphatic heterocycles.